The number of carbonyl (C=O) groups excluding carboxylic acids is 4. The standard InChI is InChI=1S/C20H37N5O6S2/c1-11(2)16(25-17(27)12(21)7-9-32-3)19(29)23-13(5-6-15(22)26)18(28)24-14(20(30)31)8-10-33-4/h11-14,16H,5-10,21H2,1-4H3,(H2,22,26)(H,23,29)(H,24,28)(H,25,27)(H,30,31). The van der Waals surface area contributed by atoms with Gasteiger partial charge < -0.3 is 32.5 Å². The second-order valence-corrected chi connectivity index (χ2v) is 9.84. The summed E-state index contributed by atoms with van der Waals surface area (Å²) in [6.07, 6.45) is 4.02. The molecule has 0 radical (unpaired) electrons. The molecule has 13 heteroatoms. The molecule has 0 fully saturated rings. The summed E-state index contributed by atoms with van der Waals surface area (Å²) in [4.78, 5) is 60.8. The average molecular weight is 508 g/mol. The van der Waals surface area contributed by atoms with Crippen LogP contribution in [0.15, 0.2) is 0 Å². The molecule has 0 aliphatic rings. The first-order chi connectivity index (χ1) is 15.4. The summed E-state index contributed by atoms with van der Waals surface area (Å²) in [7, 11) is 0. The van der Waals surface area contributed by atoms with E-state index in [1.165, 1.54) is 11.8 Å². The van der Waals surface area contributed by atoms with Crippen LogP contribution in [0.2, 0.25) is 0 Å². The van der Waals surface area contributed by atoms with E-state index in [4.69, 9.17) is 11.5 Å². The van der Waals surface area contributed by atoms with Crippen LogP contribution in [0.25, 0.3) is 0 Å². The molecular weight excluding hydrogens is 470 g/mol. The SMILES string of the molecule is CSCCC(N)C(=O)NC(C(=O)NC(CCC(N)=O)C(=O)NC(CCSC)C(=O)O)C(C)C. The van der Waals surface area contributed by atoms with E-state index in [2.05, 4.69) is 16.0 Å². The molecular formula is C20H37N5O6S2. The number of hydrogen-bond donors (Lipinski definition) is 6. The molecule has 0 spiro atoms. The Bertz CT molecular complexity index is 679. The lowest BCUT2D eigenvalue weighted by molar-refractivity contribution is -0.142. The van der Waals surface area contributed by atoms with E-state index in [-0.39, 0.29) is 25.2 Å². The van der Waals surface area contributed by atoms with Crippen molar-refractivity contribution in [2.75, 3.05) is 24.0 Å². The Balaban J connectivity index is 5.41. The molecule has 0 aromatic heterocycles. The first-order valence-electron chi connectivity index (χ1n) is 10.6. The van der Waals surface area contributed by atoms with Crippen molar-refractivity contribution in [3.05, 3.63) is 0 Å². The number of aliphatic carboxylic acids is 1. The number of carboxylic acids is 1. The lowest BCUT2D eigenvalue weighted by atomic mass is 10.0. The molecule has 0 aromatic rings. The zero-order valence-corrected chi connectivity index (χ0v) is 21.2. The molecule has 0 saturated heterocycles. The number of primary amides is 1. The van der Waals surface area contributed by atoms with E-state index in [9.17, 15) is 29.1 Å². The maximum atomic E-state index is 12.9. The zero-order valence-electron chi connectivity index (χ0n) is 19.6. The molecule has 4 atom stereocenters. The fourth-order valence-electron chi connectivity index (χ4n) is 2.75. The Morgan fingerprint density at radius 3 is 1.85 bits per heavy atom. The summed E-state index contributed by atoms with van der Waals surface area (Å²) < 4.78 is 0. The molecule has 0 rings (SSSR count). The first-order valence-corrected chi connectivity index (χ1v) is 13.4. The Kier molecular flexibility index (Phi) is 15.6. The third-order valence-electron chi connectivity index (χ3n) is 4.75. The third kappa shape index (κ3) is 12.7. The van der Waals surface area contributed by atoms with Crippen molar-refractivity contribution in [1.82, 2.24) is 16.0 Å². The lowest BCUT2D eigenvalue weighted by Crippen LogP contribution is -2.58. The number of rotatable bonds is 17. The Labute approximate surface area is 203 Å². The van der Waals surface area contributed by atoms with Crippen molar-refractivity contribution >= 4 is 53.1 Å². The van der Waals surface area contributed by atoms with Crippen LogP contribution in [0, 0.1) is 5.92 Å². The van der Waals surface area contributed by atoms with E-state index in [0.717, 1.165) is 0 Å². The lowest BCUT2D eigenvalue weighted by Gasteiger charge is -2.27. The van der Waals surface area contributed by atoms with Crippen LogP contribution in [0.5, 0.6) is 0 Å². The molecule has 0 heterocycles. The number of thioether (sulfide) groups is 2. The highest BCUT2D eigenvalue weighted by molar-refractivity contribution is 7.98. The summed E-state index contributed by atoms with van der Waals surface area (Å²) in [5.74, 6) is -2.89. The van der Waals surface area contributed by atoms with Gasteiger partial charge >= 0.3 is 5.97 Å². The predicted molar refractivity (Wildman–Crippen MR) is 131 cm³/mol. The van der Waals surface area contributed by atoms with Gasteiger partial charge in [-0.05, 0) is 49.2 Å². The van der Waals surface area contributed by atoms with E-state index in [1.807, 2.05) is 12.5 Å². The minimum atomic E-state index is -1.20. The number of carbonyl (C=O) groups is 5. The van der Waals surface area contributed by atoms with Crippen molar-refractivity contribution in [1.29, 1.82) is 0 Å². The predicted octanol–water partition coefficient (Wildman–Crippen LogP) is -0.720. The highest BCUT2D eigenvalue weighted by Gasteiger charge is 2.31. The van der Waals surface area contributed by atoms with Crippen LogP contribution in [-0.2, 0) is 24.0 Å². The normalized spacial score (nSPS) is 14.6. The molecule has 0 aliphatic carbocycles. The summed E-state index contributed by atoms with van der Waals surface area (Å²) in [6.45, 7) is 3.44. The monoisotopic (exact) mass is 507 g/mol. The van der Waals surface area contributed by atoms with Gasteiger partial charge in [0.2, 0.25) is 23.6 Å². The smallest absolute Gasteiger partial charge is 0.326 e. The van der Waals surface area contributed by atoms with Gasteiger partial charge in [-0.15, -0.1) is 0 Å². The number of hydrogen-bond acceptors (Lipinski definition) is 8. The van der Waals surface area contributed by atoms with Gasteiger partial charge in [-0.3, -0.25) is 19.2 Å². The van der Waals surface area contributed by atoms with Gasteiger partial charge in [0.05, 0.1) is 6.04 Å². The van der Waals surface area contributed by atoms with Crippen molar-refractivity contribution < 1.29 is 29.1 Å². The van der Waals surface area contributed by atoms with Crippen molar-refractivity contribution in [2.24, 2.45) is 17.4 Å². The fourth-order valence-corrected chi connectivity index (χ4v) is 3.71. The molecule has 0 saturated carbocycles. The summed E-state index contributed by atoms with van der Waals surface area (Å²) in [5, 5.41) is 16.9. The molecule has 33 heavy (non-hydrogen) atoms. The number of nitrogens with two attached hydrogens (primary N) is 2. The molecule has 0 aliphatic heterocycles. The topological polar surface area (TPSA) is 194 Å². The van der Waals surface area contributed by atoms with Gasteiger partial charge in [-0.2, -0.15) is 23.5 Å². The van der Waals surface area contributed by atoms with Gasteiger partial charge in [0.15, 0.2) is 0 Å². The zero-order chi connectivity index (χ0) is 25.6. The third-order valence-corrected chi connectivity index (χ3v) is 6.04. The Hall–Kier alpha value is -1.99. The van der Waals surface area contributed by atoms with Crippen LogP contribution in [-0.4, -0.2) is 82.9 Å². The highest BCUT2D eigenvalue weighted by Crippen LogP contribution is 2.08. The minimum Gasteiger partial charge on any atom is -0.480 e. The minimum absolute atomic E-state index is 0.117. The number of carboxylic acid groups (broad SMARTS) is 1. The quantitative estimate of drug-likeness (QED) is 0.147. The van der Waals surface area contributed by atoms with E-state index < -0.39 is 53.8 Å². The van der Waals surface area contributed by atoms with Crippen molar-refractivity contribution in [2.45, 2.75) is 63.7 Å². The molecule has 4 unspecified atom stereocenters. The first kappa shape index (κ1) is 31.0. The van der Waals surface area contributed by atoms with Crippen LogP contribution < -0.4 is 27.4 Å². The molecule has 4 amide bonds. The van der Waals surface area contributed by atoms with E-state index in [1.54, 1.807) is 25.6 Å². The molecule has 0 bridgehead atoms. The van der Waals surface area contributed by atoms with Gasteiger partial charge in [0.25, 0.3) is 0 Å². The van der Waals surface area contributed by atoms with Crippen LogP contribution in [0.1, 0.15) is 39.5 Å². The van der Waals surface area contributed by atoms with Crippen molar-refractivity contribution in [3.8, 4) is 0 Å². The summed E-state index contributed by atoms with van der Waals surface area (Å²) in [5.41, 5.74) is 11.1. The van der Waals surface area contributed by atoms with Gasteiger partial charge in [-0.25, -0.2) is 4.79 Å². The highest BCUT2D eigenvalue weighted by atomic mass is 32.2. The number of amides is 4. The maximum absolute atomic E-state index is 12.9. The Morgan fingerprint density at radius 1 is 0.818 bits per heavy atom. The van der Waals surface area contributed by atoms with Crippen LogP contribution in [0.3, 0.4) is 0 Å². The maximum Gasteiger partial charge on any atom is 0.326 e. The second-order valence-electron chi connectivity index (χ2n) is 7.87. The molecule has 8 N–H and O–H groups in total. The van der Waals surface area contributed by atoms with E-state index in [0.29, 0.717) is 17.9 Å². The van der Waals surface area contributed by atoms with Gasteiger partial charge in [-0.1, -0.05) is 13.8 Å². The van der Waals surface area contributed by atoms with Gasteiger partial charge in [0.1, 0.15) is 18.1 Å². The summed E-state index contributed by atoms with van der Waals surface area (Å²) in [6, 6.07) is -4.11. The van der Waals surface area contributed by atoms with E-state index >= 15 is 0 Å². The van der Waals surface area contributed by atoms with Crippen LogP contribution >= 0.6 is 23.5 Å². The second kappa shape index (κ2) is 16.6. The molecule has 190 valence electrons. The van der Waals surface area contributed by atoms with Crippen LogP contribution in [0.4, 0.5) is 0 Å². The fraction of sp³-hybridized carbons (Fsp3) is 0.750. The Morgan fingerprint density at radius 2 is 1.36 bits per heavy atom. The van der Waals surface area contributed by atoms with Crippen molar-refractivity contribution in [3.63, 3.8) is 0 Å². The van der Waals surface area contributed by atoms with Gasteiger partial charge in [0, 0.05) is 6.42 Å². The molecule has 11 nitrogen and oxygen atoms in total. The largest absolute Gasteiger partial charge is 0.480 e. The number of nitrogens with one attached hydrogen (secondary N) is 3. The molecule has 0 aromatic carbocycles. The average Bonchev–Trinajstić information content (AvgIpc) is 2.74. The summed E-state index contributed by atoms with van der Waals surface area (Å²) >= 11 is 2.98.